The Balaban J connectivity index is 1.16. The third kappa shape index (κ3) is 4.71. The number of hydrogen-bond acceptors (Lipinski definition) is 7. The number of aliphatic hydroxyl groups excluding tert-OH is 1. The molecular weight excluding hydrogens is 488 g/mol. The Morgan fingerprint density at radius 3 is 2.57 bits per heavy atom. The van der Waals surface area contributed by atoms with E-state index in [-0.39, 0.29) is 29.0 Å². The molecule has 2 aromatic carbocycles. The molecule has 1 N–H and O–H groups in total. The van der Waals surface area contributed by atoms with Crippen LogP contribution >= 0.6 is 11.6 Å². The van der Waals surface area contributed by atoms with Gasteiger partial charge in [0.15, 0.2) is 9.84 Å². The highest BCUT2D eigenvalue weighted by Gasteiger charge is 2.35. The number of aliphatic imine (C=N–C) groups is 1. The number of hydrogen-bond donors (Lipinski definition) is 1. The SMILES string of the molecule is CC1=NCC2=C(O)N(C3CCN(C(=O)CCS(=O)(=O)c4ccc5cc(Cl)ccc5c4)CC3)CCN12. The molecule has 0 atom stereocenters. The van der Waals surface area contributed by atoms with Gasteiger partial charge in [0.05, 0.1) is 17.2 Å². The molecule has 5 rings (SSSR count). The normalized spacial score (nSPS) is 19.4. The van der Waals surface area contributed by atoms with E-state index in [0.29, 0.717) is 30.5 Å². The second kappa shape index (κ2) is 9.35. The van der Waals surface area contributed by atoms with Gasteiger partial charge >= 0.3 is 0 Å². The van der Waals surface area contributed by atoms with Crippen molar-refractivity contribution in [3.05, 3.63) is 53.0 Å². The van der Waals surface area contributed by atoms with E-state index in [0.717, 1.165) is 48.2 Å². The van der Waals surface area contributed by atoms with Crippen molar-refractivity contribution in [1.29, 1.82) is 0 Å². The summed E-state index contributed by atoms with van der Waals surface area (Å²) in [4.78, 5) is 23.3. The van der Waals surface area contributed by atoms with Gasteiger partial charge in [-0.25, -0.2) is 8.42 Å². The zero-order valence-electron chi connectivity index (χ0n) is 19.7. The number of halogens is 1. The van der Waals surface area contributed by atoms with E-state index in [1.54, 1.807) is 41.3 Å². The van der Waals surface area contributed by atoms with E-state index < -0.39 is 9.84 Å². The van der Waals surface area contributed by atoms with Crippen LogP contribution in [0.3, 0.4) is 0 Å². The molecule has 0 saturated carbocycles. The standard InChI is InChI=1S/C25H29ClN4O4S/c1-17-27-16-23-25(32)30(12-11-29(17)23)21-6-9-28(10-7-21)24(31)8-13-35(33,34)22-5-3-18-14-20(26)4-2-19(18)15-22/h2-5,14-15,21,32H,6-13,16H2,1H3. The smallest absolute Gasteiger partial charge is 0.223 e. The third-order valence-electron chi connectivity index (χ3n) is 7.24. The van der Waals surface area contributed by atoms with Crippen molar-refractivity contribution in [2.45, 2.75) is 37.1 Å². The maximum atomic E-state index is 12.9. The van der Waals surface area contributed by atoms with Gasteiger partial charge in [-0.3, -0.25) is 9.79 Å². The lowest BCUT2D eigenvalue weighted by Gasteiger charge is -2.43. The molecule has 0 aliphatic carbocycles. The predicted octanol–water partition coefficient (Wildman–Crippen LogP) is 3.42. The van der Waals surface area contributed by atoms with Crippen LogP contribution < -0.4 is 0 Å². The Labute approximate surface area is 210 Å². The highest BCUT2D eigenvalue weighted by Crippen LogP contribution is 2.29. The van der Waals surface area contributed by atoms with Crippen LogP contribution in [-0.4, -0.2) is 84.5 Å². The number of nitrogens with zero attached hydrogens (tertiary/aromatic N) is 4. The largest absolute Gasteiger partial charge is 0.493 e. The Hall–Kier alpha value is -2.78. The van der Waals surface area contributed by atoms with Crippen LogP contribution in [0.4, 0.5) is 0 Å². The van der Waals surface area contributed by atoms with Crippen molar-refractivity contribution < 1.29 is 18.3 Å². The molecular formula is C25H29ClN4O4S. The maximum absolute atomic E-state index is 12.9. The molecule has 0 bridgehead atoms. The van der Waals surface area contributed by atoms with Gasteiger partial charge in [-0.2, -0.15) is 0 Å². The van der Waals surface area contributed by atoms with Gasteiger partial charge < -0.3 is 19.8 Å². The highest BCUT2D eigenvalue weighted by atomic mass is 35.5. The highest BCUT2D eigenvalue weighted by molar-refractivity contribution is 7.91. The molecule has 186 valence electrons. The summed E-state index contributed by atoms with van der Waals surface area (Å²) in [5.41, 5.74) is 0.856. The summed E-state index contributed by atoms with van der Waals surface area (Å²) in [6, 6.07) is 10.4. The first-order valence-electron chi connectivity index (χ1n) is 11.9. The van der Waals surface area contributed by atoms with Crippen molar-refractivity contribution in [1.82, 2.24) is 14.7 Å². The van der Waals surface area contributed by atoms with Gasteiger partial charge in [0.1, 0.15) is 11.5 Å². The van der Waals surface area contributed by atoms with Gasteiger partial charge in [-0.15, -0.1) is 0 Å². The lowest BCUT2D eigenvalue weighted by atomic mass is 10.0. The molecule has 3 aliphatic heterocycles. The molecule has 8 nitrogen and oxygen atoms in total. The predicted molar refractivity (Wildman–Crippen MR) is 136 cm³/mol. The van der Waals surface area contributed by atoms with E-state index in [1.807, 2.05) is 11.8 Å². The first-order valence-corrected chi connectivity index (χ1v) is 13.9. The number of amides is 1. The van der Waals surface area contributed by atoms with Crippen molar-refractivity contribution in [3.63, 3.8) is 0 Å². The topological polar surface area (TPSA) is 93.5 Å². The van der Waals surface area contributed by atoms with E-state index in [2.05, 4.69) is 9.89 Å². The second-order valence-electron chi connectivity index (χ2n) is 9.31. The number of amidine groups is 1. The molecule has 1 fully saturated rings. The Bertz CT molecular complexity index is 1330. The number of carbonyl (C=O) groups is 1. The van der Waals surface area contributed by atoms with E-state index in [1.165, 1.54) is 0 Å². The minimum Gasteiger partial charge on any atom is -0.493 e. The second-order valence-corrected chi connectivity index (χ2v) is 11.9. The number of rotatable bonds is 5. The lowest BCUT2D eigenvalue weighted by molar-refractivity contribution is -0.132. The van der Waals surface area contributed by atoms with Crippen LogP contribution in [0.25, 0.3) is 10.8 Å². The van der Waals surface area contributed by atoms with Gasteiger partial charge in [-0.05, 0) is 54.8 Å². The fourth-order valence-corrected chi connectivity index (χ4v) is 6.63. The molecule has 10 heteroatoms. The fraction of sp³-hybridized carbons (Fsp3) is 0.440. The van der Waals surface area contributed by atoms with Gasteiger partial charge in [0.2, 0.25) is 11.8 Å². The molecule has 0 spiro atoms. The number of likely N-dealkylation sites (tertiary alicyclic amines) is 1. The summed E-state index contributed by atoms with van der Waals surface area (Å²) in [5, 5.41) is 13.0. The van der Waals surface area contributed by atoms with Crippen LogP contribution in [0.5, 0.6) is 0 Å². The molecule has 3 aliphatic rings. The third-order valence-corrected chi connectivity index (χ3v) is 9.19. The Kier molecular flexibility index (Phi) is 6.40. The number of aliphatic hydroxyl groups is 1. The van der Waals surface area contributed by atoms with Crippen LogP contribution in [0.2, 0.25) is 5.02 Å². The van der Waals surface area contributed by atoms with Crippen LogP contribution in [0, 0.1) is 0 Å². The van der Waals surface area contributed by atoms with Crippen LogP contribution in [0.1, 0.15) is 26.2 Å². The summed E-state index contributed by atoms with van der Waals surface area (Å²) >= 11 is 6.01. The summed E-state index contributed by atoms with van der Waals surface area (Å²) < 4.78 is 25.8. The zero-order valence-corrected chi connectivity index (χ0v) is 21.2. The average Bonchev–Trinajstić information content (AvgIpc) is 3.24. The van der Waals surface area contributed by atoms with Gasteiger partial charge in [-0.1, -0.05) is 23.7 Å². The zero-order chi connectivity index (χ0) is 24.7. The molecule has 2 aromatic rings. The Morgan fingerprint density at radius 1 is 1.09 bits per heavy atom. The first kappa shape index (κ1) is 23.9. The van der Waals surface area contributed by atoms with Crippen molar-refractivity contribution in [2.24, 2.45) is 4.99 Å². The maximum Gasteiger partial charge on any atom is 0.223 e. The van der Waals surface area contributed by atoms with Crippen molar-refractivity contribution in [2.75, 3.05) is 38.5 Å². The number of benzene rings is 2. The number of carbonyl (C=O) groups excluding carboxylic acids is 1. The lowest BCUT2D eigenvalue weighted by Crippen LogP contribution is -2.51. The number of fused-ring (bicyclic) bond motifs is 2. The Morgan fingerprint density at radius 2 is 1.80 bits per heavy atom. The van der Waals surface area contributed by atoms with Gasteiger partial charge in [0.25, 0.3) is 0 Å². The van der Waals surface area contributed by atoms with Crippen molar-refractivity contribution in [3.8, 4) is 0 Å². The quantitative estimate of drug-likeness (QED) is 0.654. The van der Waals surface area contributed by atoms with Crippen LogP contribution in [-0.2, 0) is 14.6 Å². The molecule has 0 unspecified atom stereocenters. The summed E-state index contributed by atoms with van der Waals surface area (Å²) in [6.07, 6.45) is 1.43. The number of piperidine rings is 1. The van der Waals surface area contributed by atoms with Crippen molar-refractivity contribution >= 4 is 44.0 Å². The molecule has 0 radical (unpaired) electrons. The number of sulfone groups is 1. The van der Waals surface area contributed by atoms with Gasteiger partial charge in [0, 0.05) is 43.7 Å². The molecule has 1 amide bonds. The molecule has 1 saturated heterocycles. The minimum absolute atomic E-state index is 0.0454. The first-order chi connectivity index (χ1) is 16.7. The summed E-state index contributed by atoms with van der Waals surface area (Å²) in [5.74, 6) is 0.867. The molecule has 35 heavy (non-hydrogen) atoms. The van der Waals surface area contributed by atoms with E-state index in [9.17, 15) is 18.3 Å². The summed E-state index contributed by atoms with van der Waals surface area (Å²) in [6.45, 7) is 5.09. The van der Waals surface area contributed by atoms with Crippen LogP contribution in [0.15, 0.2) is 57.9 Å². The fourth-order valence-electron chi connectivity index (χ4n) is 5.19. The average molecular weight is 517 g/mol. The van der Waals surface area contributed by atoms with E-state index in [4.69, 9.17) is 11.6 Å². The summed E-state index contributed by atoms with van der Waals surface area (Å²) in [7, 11) is -3.59. The van der Waals surface area contributed by atoms with E-state index >= 15 is 0 Å². The monoisotopic (exact) mass is 516 g/mol. The minimum atomic E-state index is -3.59. The molecule has 3 heterocycles. The molecule has 0 aromatic heterocycles.